The second kappa shape index (κ2) is 6.63. The van der Waals surface area contributed by atoms with Crippen LogP contribution in [0.5, 0.6) is 0 Å². The van der Waals surface area contributed by atoms with Gasteiger partial charge in [-0.05, 0) is 42.5 Å². The molecule has 0 unspecified atom stereocenters. The van der Waals surface area contributed by atoms with Crippen molar-refractivity contribution in [2.45, 2.75) is 6.92 Å². The van der Waals surface area contributed by atoms with E-state index in [-0.39, 0.29) is 11.1 Å². The predicted molar refractivity (Wildman–Crippen MR) is 88.3 cm³/mol. The van der Waals surface area contributed by atoms with Crippen LogP contribution in [0.25, 0.3) is 6.08 Å². The Morgan fingerprint density at radius 3 is 2.38 bits per heavy atom. The molecule has 0 aliphatic carbocycles. The van der Waals surface area contributed by atoms with E-state index in [1.807, 2.05) is 49.3 Å². The lowest BCUT2D eigenvalue weighted by Crippen LogP contribution is -2.27. The lowest BCUT2D eigenvalue weighted by atomic mass is 10.2. The molecule has 2 amide bonds. The molecule has 1 fully saturated rings. The first-order valence-electron chi connectivity index (χ1n) is 6.72. The molecule has 21 heavy (non-hydrogen) atoms. The first kappa shape index (κ1) is 15.4. The number of amides is 2. The summed E-state index contributed by atoms with van der Waals surface area (Å²) in [6, 6.07) is 8.09. The number of rotatable bonds is 4. The zero-order chi connectivity index (χ0) is 15.4. The quantitative estimate of drug-likeness (QED) is 0.800. The Balaban J connectivity index is 2.07. The zero-order valence-corrected chi connectivity index (χ0v) is 13.2. The first-order valence-corrected chi connectivity index (χ1v) is 7.54. The molecule has 4 nitrogen and oxygen atoms in total. The number of imide groups is 1. The number of thioether (sulfide) groups is 1. The van der Waals surface area contributed by atoms with Gasteiger partial charge in [-0.2, -0.15) is 0 Å². The Hall–Kier alpha value is -2.01. The number of hydrogen-bond donors (Lipinski definition) is 0. The van der Waals surface area contributed by atoms with Crippen molar-refractivity contribution < 1.29 is 9.59 Å². The van der Waals surface area contributed by atoms with Gasteiger partial charge in [0, 0.05) is 26.3 Å². The Morgan fingerprint density at radius 1 is 1.19 bits per heavy atom. The van der Waals surface area contributed by atoms with Crippen molar-refractivity contribution in [3.8, 4) is 0 Å². The maximum Gasteiger partial charge on any atom is 0.293 e. The van der Waals surface area contributed by atoms with Crippen LogP contribution in [-0.2, 0) is 4.79 Å². The average Bonchev–Trinajstić information content (AvgIpc) is 2.73. The molecule has 1 aromatic rings. The van der Waals surface area contributed by atoms with Gasteiger partial charge in [-0.25, -0.2) is 0 Å². The van der Waals surface area contributed by atoms with Gasteiger partial charge in [0.15, 0.2) is 0 Å². The van der Waals surface area contributed by atoms with E-state index in [2.05, 4.69) is 0 Å². The smallest absolute Gasteiger partial charge is 0.293 e. The SMILES string of the molecule is CCN1C(=O)S/C(=C/C=C/c2ccc(N(C)C)cc2)C1=O. The molecule has 0 saturated carbocycles. The Bertz CT molecular complexity index is 603. The third-order valence-electron chi connectivity index (χ3n) is 3.14. The van der Waals surface area contributed by atoms with E-state index in [4.69, 9.17) is 0 Å². The van der Waals surface area contributed by atoms with Crippen LogP contribution in [0.15, 0.2) is 41.3 Å². The van der Waals surface area contributed by atoms with Crippen LogP contribution in [-0.4, -0.2) is 36.7 Å². The highest BCUT2D eigenvalue weighted by molar-refractivity contribution is 8.18. The molecule has 1 saturated heterocycles. The minimum absolute atomic E-state index is 0.197. The van der Waals surface area contributed by atoms with Crippen molar-refractivity contribution in [3.05, 3.63) is 46.9 Å². The van der Waals surface area contributed by atoms with Gasteiger partial charge < -0.3 is 4.90 Å². The highest BCUT2D eigenvalue weighted by Crippen LogP contribution is 2.30. The van der Waals surface area contributed by atoms with Gasteiger partial charge in [0.2, 0.25) is 0 Å². The van der Waals surface area contributed by atoms with Gasteiger partial charge in [-0.1, -0.05) is 24.3 Å². The van der Waals surface area contributed by atoms with Gasteiger partial charge in [0.05, 0.1) is 4.91 Å². The molecule has 1 aromatic carbocycles. The number of likely N-dealkylation sites (N-methyl/N-ethyl adjacent to an activating group) is 1. The van der Waals surface area contributed by atoms with Crippen LogP contribution in [0.4, 0.5) is 10.5 Å². The number of carbonyl (C=O) groups excluding carboxylic acids is 2. The van der Waals surface area contributed by atoms with Crippen molar-refractivity contribution in [3.63, 3.8) is 0 Å². The van der Waals surface area contributed by atoms with Crippen LogP contribution in [0.1, 0.15) is 12.5 Å². The summed E-state index contributed by atoms with van der Waals surface area (Å²) in [5.41, 5.74) is 2.18. The van der Waals surface area contributed by atoms with E-state index in [9.17, 15) is 9.59 Å². The van der Waals surface area contributed by atoms with Gasteiger partial charge in [-0.15, -0.1) is 0 Å². The van der Waals surface area contributed by atoms with E-state index in [0.717, 1.165) is 23.0 Å². The Labute approximate surface area is 129 Å². The monoisotopic (exact) mass is 302 g/mol. The van der Waals surface area contributed by atoms with Crippen LogP contribution in [0, 0.1) is 0 Å². The predicted octanol–water partition coefficient (Wildman–Crippen LogP) is 3.37. The second-order valence-corrected chi connectivity index (χ2v) is 5.79. The van der Waals surface area contributed by atoms with E-state index < -0.39 is 0 Å². The van der Waals surface area contributed by atoms with Gasteiger partial charge in [0.25, 0.3) is 11.1 Å². The summed E-state index contributed by atoms with van der Waals surface area (Å²) >= 11 is 0.988. The molecular formula is C16H18N2O2S. The van der Waals surface area contributed by atoms with Crippen LogP contribution < -0.4 is 4.90 Å². The molecule has 0 bridgehead atoms. The van der Waals surface area contributed by atoms with Crippen molar-refractivity contribution in [2.75, 3.05) is 25.5 Å². The third kappa shape index (κ3) is 3.55. The number of hydrogen-bond acceptors (Lipinski definition) is 4. The van der Waals surface area contributed by atoms with Gasteiger partial charge >= 0.3 is 0 Å². The van der Waals surface area contributed by atoms with Crippen molar-refractivity contribution in [1.29, 1.82) is 0 Å². The third-order valence-corrected chi connectivity index (χ3v) is 4.06. The van der Waals surface area contributed by atoms with Gasteiger partial charge in [0.1, 0.15) is 0 Å². The van der Waals surface area contributed by atoms with Crippen molar-refractivity contribution >= 4 is 34.7 Å². The number of anilines is 1. The molecule has 1 aliphatic heterocycles. The summed E-state index contributed by atoms with van der Waals surface area (Å²) < 4.78 is 0. The maximum absolute atomic E-state index is 11.9. The van der Waals surface area contributed by atoms with E-state index in [1.165, 1.54) is 4.90 Å². The fourth-order valence-electron chi connectivity index (χ4n) is 1.92. The molecule has 2 rings (SSSR count). The lowest BCUT2D eigenvalue weighted by molar-refractivity contribution is -0.122. The summed E-state index contributed by atoms with van der Waals surface area (Å²) in [7, 11) is 3.99. The van der Waals surface area contributed by atoms with Crippen molar-refractivity contribution in [2.24, 2.45) is 0 Å². The lowest BCUT2D eigenvalue weighted by Gasteiger charge is -2.11. The van der Waals surface area contributed by atoms with Gasteiger partial charge in [-0.3, -0.25) is 14.5 Å². The normalized spacial score (nSPS) is 17.3. The van der Waals surface area contributed by atoms with E-state index >= 15 is 0 Å². The zero-order valence-electron chi connectivity index (χ0n) is 12.4. The second-order valence-electron chi connectivity index (χ2n) is 4.79. The number of nitrogens with zero attached hydrogens (tertiary/aromatic N) is 2. The summed E-state index contributed by atoms with van der Waals surface area (Å²) in [6.45, 7) is 2.21. The summed E-state index contributed by atoms with van der Waals surface area (Å²) in [6.07, 6.45) is 5.41. The fraction of sp³-hybridized carbons (Fsp3) is 0.250. The molecule has 0 aromatic heterocycles. The minimum atomic E-state index is -0.208. The molecular weight excluding hydrogens is 284 g/mol. The summed E-state index contributed by atoms with van der Waals surface area (Å²) in [5.74, 6) is -0.208. The maximum atomic E-state index is 11.9. The molecule has 1 heterocycles. The molecule has 0 spiro atoms. The highest BCUT2D eigenvalue weighted by atomic mass is 32.2. The topological polar surface area (TPSA) is 40.6 Å². The Morgan fingerprint density at radius 2 is 1.86 bits per heavy atom. The standard InChI is InChI=1S/C16H18N2O2S/c1-4-18-15(19)14(21-16(18)20)7-5-6-12-8-10-13(11-9-12)17(2)3/h5-11H,4H2,1-3H3/b6-5+,14-7+. The average molecular weight is 302 g/mol. The van der Waals surface area contributed by atoms with Crippen molar-refractivity contribution in [1.82, 2.24) is 4.90 Å². The summed E-state index contributed by atoms with van der Waals surface area (Å²) in [4.78, 5) is 27.2. The largest absolute Gasteiger partial charge is 0.378 e. The minimum Gasteiger partial charge on any atom is -0.378 e. The first-order chi connectivity index (χ1) is 10.0. The van der Waals surface area contributed by atoms with E-state index in [0.29, 0.717) is 11.4 Å². The van der Waals surface area contributed by atoms with Crippen LogP contribution in [0.2, 0.25) is 0 Å². The summed E-state index contributed by atoms with van der Waals surface area (Å²) in [5, 5.41) is -0.197. The molecule has 110 valence electrons. The molecule has 0 N–H and O–H groups in total. The molecule has 1 aliphatic rings. The number of carbonyl (C=O) groups is 2. The molecule has 0 atom stereocenters. The Kier molecular flexibility index (Phi) is 4.85. The van der Waals surface area contributed by atoms with Crippen LogP contribution >= 0.6 is 11.8 Å². The fourth-order valence-corrected chi connectivity index (χ4v) is 2.77. The highest BCUT2D eigenvalue weighted by Gasteiger charge is 2.33. The molecule has 5 heteroatoms. The molecule has 0 radical (unpaired) electrons. The number of benzene rings is 1. The van der Waals surface area contributed by atoms with E-state index in [1.54, 1.807) is 19.1 Å². The number of allylic oxidation sites excluding steroid dienone is 2. The van der Waals surface area contributed by atoms with Crippen LogP contribution in [0.3, 0.4) is 0 Å².